The van der Waals surface area contributed by atoms with Gasteiger partial charge >= 0.3 is 0 Å². The van der Waals surface area contributed by atoms with E-state index >= 15 is 0 Å². The molecule has 5 heteroatoms. The summed E-state index contributed by atoms with van der Waals surface area (Å²) in [6, 6.07) is 14.6. The average Bonchev–Trinajstić information content (AvgIpc) is 2.60. The number of nitrogens with zero attached hydrogens (tertiary/aromatic N) is 1. The molecule has 0 aliphatic carbocycles. The van der Waals surface area contributed by atoms with Gasteiger partial charge in [0.1, 0.15) is 6.04 Å². The van der Waals surface area contributed by atoms with Crippen molar-refractivity contribution in [3.63, 3.8) is 0 Å². The molecule has 0 saturated heterocycles. The second-order valence-corrected chi connectivity index (χ2v) is 6.54. The van der Waals surface area contributed by atoms with Gasteiger partial charge in [0.15, 0.2) is 0 Å². The van der Waals surface area contributed by atoms with Crippen LogP contribution in [-0.2, 0) is 22.6 Å². The molecular weight excluding hydrogens is 336 g/mol. The van der Waals surface area contributed by atoms with Gasteiger partial charge in [-0.15, -0.1) is 0 Å². The van der Waals surface area contributed by atoms with Gasteiger partial charge in [-0.1, -0.05) is 53.6 Å². The highest BCUT2D eigenvalue weighted by Gasteiger charge is 2.25. The van der Waals surface area contributed by atoms with Crippen molar-refractivity contribution in [1.82, 2.24) is 10.2 Å². The molecule has 1 atom stereocenters. The van der Waals surface area contributed by atoms with Crippen LogP contribution in [0.15, 0.2) is 48.5 Å². The minimum absolute atomic E-state index is 0.0973. The zero-order chi connectivity index (χ0) is 18.4. The fourth-order valence-corrected chi connectivity index (χ4v) is 2.80. The molecule has 0 aromatic heterocycles. The number of likely N-dealkylation sites (N-methyl/N-ethyl adjacent to an activating group) is 1. The van der Waals surface area contributed by atoms with E-state index in [0.717, 1.165) is 16.7 Å². The van der Waals surface area contributed by atoms with Gasteiger partial charge in [-0.3, -0.25) is 9.59 Å². The molecule has 0 fully saturated rings. The van der Waals surface area contributed by atoms with Gasteiger partial charge in [0, 0.05) is 18.6 Å². The quantitative estimate of drug-likeness (QED) is 0.860. The Hall–Kier alpha value is -2.33. The lowest BCUT2D eigenvalue weighted by Gasteiger charge is -2.28. The second-order valence-electron chi connectivity index (χ2n) is 6.10. The Balaban J connectivity index is 2.21. The Kier molecular flexibility index (Phi) is 6.59. The predicted octanol–water partition coefficient (Wildman–Crippen LogP) is 3.35. The lowest BCUT2D eigenvalue weighted by Crippen LogP contribution is -2.47. The molecule has 25 heavy (non-hydrogen) atoms. The van der Waals surface area contributed by atoms with Gasteiger partial charge in [0.2, 0.25) is 11.8 Å². The van der Waals surface area contributed by atoms with Crippen LogP contribution in [-0.4, -0.2) is 29.8 Å². The Labute approximate surface area is 153 Å². The monoisotopic (exact) mass is 358 g/mol. The summed E-state index contributed by atoms with van der Waals surface area (Å²) >= 11 is 5.90. The predicted molar refractivity (Wildman–Crippen MR) is 100 cm³/mol. The van der Waals surface area contributed by atoms with Crippen molar-refractivity contribution in [2.45, 2.75) is 32.9 Å². The van der Waals surface area contributed by atoms with Crippen LogP contribution in [0, 0.1) is 6.92 Å². The van der Waals surface area contributed by atoms with Gasteiger partial charge in [-0.05, 0) is 37.1 Å². The number of rotatable bonds is 6. The maximum Gasteiger partial charge on any atom is 0.242 e. The topological polar surface area (TPSA) is 49.4 Å². The van der Waals surface area contributed by atoms with Crippen LogP contribution in [0.1, 0.15) is 23.6 Å². The van der Waals surface area contributed by atoms with Crippen LogP contribution in [0.2, 0.25) is 5.02 Å². The van der Waals surface area contributed by atoms with E-state index < -0.39 is 6.04 Å². The summed E-state index contributed by atoms with van der Waals surface area (Å²) in [6.45, 7) is 4.14. The summed E-state index contributed by atoms with van der Waals surface area (Å²) in [5.74, 6) is -0.281. The molecule has 0 radical (unpaired) electrons. The Morgan fingerprint density at radius 3 is 2.40 bits per heavy atom. The van der Waals surface area contributed by atoms with Gasteiger partial charge in [0.25, 0.3) is 0 Å². The minimum Gasteiger partial charge on any atom is -0.357 e. The molecule has 132 valence electrons. The lowest BCUT2D eigenvalue weighted by molar-refractivity contribution is -0.139. The number of carbonyl (C=O) groups is 2. The largest absolute Gasteiger partial charge is 0.357 e. The molecule has 0 heterocycles. The molecule has 2 amide bonds. The van der Waals surface area contributed by atoms with Crippen molar-refractivity contribution < 1.29 is 9.59 Å². The van der Waals surface area contributed by atoms with E-state index in [9.17, 15) is 9.59 Å². The molecule has 0 spiro atoms. The number of halogens is 1. The summed E-state index contributed by atoms with van der Waals surface area (Å²) < 4.78 is 0. The van der Waals surface area contributed by atoms with E-state index in [1.807, 2.05) is 43.3 Å². The third-order valence-electron chi connectivity index (χ3n) is 4.12. The van der Waals surface area contributed by atoms with E-state index in [2.05, 4.69) is 5.32 Å². The highest BCUT2D eigenvalue weighted by molar-refractivity contribution is 6.30. The molecule has 0 aliphatic rings. The molecule has 0 aliphatic heterocycles. The van der Waals surface area contributed by atoms with Crippen molar-refractivity contribution in [1.29, 1.82) is 0 Å². The Morgan fingerprint density at radius 1 is 1.12 bits per heavy atom. The number of nitrogens with one attached hydrogen (secondary N) is 1. The summed E-state index contributed by atoms with van der Waals surface area (Å²) in [7, 11) is 1.58. The fourth-order valence-electron chi connectivity index (χ4n) is 2.68. The fraction of sp³-hybridized carbons (Fsp3) is 0.300. The molecule has 4 nitrogen and oxygen atoms in total. The van der Waals surface area contributed by atoms with Gasteiger partial charge in [-0.25, -0.2) is 0 Å². The highest BCUT2D eigenvalue weighted by Crippen LogP contribution is 2.15. The van der Waals surface area contributed by atoms with Crippen LogP contribution in [0.5, 0.6) is 0 Å². The minimum atomic E-state index is -0.551. The van der Waals surface area contributed by atoms with Crippen LogP contribution in [0.25, 0.3) is 0 Å². The number of aryl methyl sites for hydroxylation is 1. The highest BCUT2D eigenvalue weighted by atomic mass is 35.5. The average molecular weight is 359 g/mol. The lowest BCUT2D eigenvalue weighted by atomic mass is 10.1. The van der Waals surface area contributed by atoms with Crippen LogP contribution in [0.3, 0.4) is 0 Å². The van der Waals surface area contributed by atoms with E-state index in [-0.39, 0.29) is 18.2 Å². The Morgan fingerprint density at radius 2 is 1.80 bits per heavy atom. The van der Waals surface area contributed by atoms with Gasteiger partial charge < -0.3 is 10.2 Å². The SMILES string of the molecule is CNC(=O)[C@H](C)N(Cc1cccc(C)c1)C(=O)Cc1ccc(Cl)cc1. The van der Waals surface area contributed by atoms with Crippen molar-refractivity contribution >= 4 is 23.4 Å². The smallest absolute Gasteiger partial charge is 0.242 e. The second kappa shape index (κ2) is 8.67. The normalized spacial score (nSPS) is 11.7. The molecule has 2 aromatic carbocycles. The standard InChI is InChI=1S/C20H23ClN2O2/c1-14-5-4-6-17(11-14)13-23(15(2)20(25)22-3)19(24)12-16-7-9-18(21)10-8-16/h4-11,15H,12-13H2,1-3H3,(H,22,25)/t15-/m0/s1. The zero-order valence-corrected chi connectivity index (χ0v) is 15.5. The first-order chi connectivity index (χ1) is 11.9. The van der Waals surface area contributed by atoms with Gasteiger partial charge in [-0.2, -0.15) is 0 Å². The number of benzene rings is 2. The Bertz CT molecular complexity index is 744. The zero-order valence-electron chi connectivity index (χ0n) is 14.8. The summed E-state index contributed by atoms with van der Waals surface area (Å²) in [6.07, 6.45) is 0.227. The molecule has 2 rings (SSSR count). The van der Waals surface area contributed by atoms with Crippen LogP contribution < -0.4 is 5.32 Å². The summed E-state index contributed by atoms with van der Waals surface area (Å²) in [5, 5.41) is 3.25. The van der Waals surface area contributed by atoms with E-state index in [4.69, 9.17) is 11.6 Å². The van der Waals surface area contributed by atoms with Crippen LogP contribution >= 0.6 is 11.6 Å². The third kappa shape index (κ3) is 5.33. The molecule has 0 bridgehead atoms. The van der Waals surface area contributed by atoms with E-state index in [0.29, 0.717) is 11.6 Å². The molecule has 0 saturated carbocycles. The number of carbonyl (C=O) groups excluding carboxylic acids is 2. The first-order valence-electron chi connectivity index (χ1n) is 8.21. The van der Waals surface area contributed by atoms with Gasteiger partial charge in [0.05, 0.1) is 6.42 Å². The van der Waals surface area contributed by atoms with Crippen molar-refractivity contribution in [3.8, 4) is 0 Å². The van der Waals surface area contributed by atoms with Crippen molar-refractivity contribution in [3.05, 3.63) is 70.2 Å². The molecule has 1 N–H and O–H groups in total. The molecule has 2 aromatic rings. The first kappa shape index (κ1) is 19.0. The van der Waals surface area contributed by atoms with Crippen molar-refractivity contribution in [2.24, 2.45) is 0 Å². The number of amides is 2. The maximum absolute atomic E-state index is 12.9. The first-order valence-corrected chi connectivity index (χ1v) is 8.59. The summed E-state index contributed by atoms with van der Waals surface area (Å²) in [4.78, 5) is 26.6. The van der Waals surface area contributed by atoms with Crippen molar-refractivity contribution in [2.75, 3.05) is 7.05 Å². The summed E-state index contributed by atoms with van der Waals surface area (Å²) in [5.41, 5.74) is 2.99. The van der Waals surface area contributed by atoms with Crippen LogP contribution in [0.4, 0.5) is 0 Å². The third-order valence-corrected chi connectivity index (χ3v) is 4.37. The van der Waals surface area contributed by atoms with E-state index in [1.54, 1.807) is 31.0 Å². The molecular formula is C20H23ClN2O2. The molecule has 0 unspecified atom stereocenters. The maximum atomic E-state index is 12.9. The number of hydrogen-bond donors (Lipinski definition) is 1. The van der Waals surface area contributed by atoms with E-state index in [1.165, 1.54) is 0 Å². The number of hydrogen-bond acceptors (Lipinski definition) is 2.